The molecule has 3 aromatic rings. The van der Waals surface area contributed by atoms with Crippen LogP contribution in [-0.2, 0) is 4.79 Å². The van der Waals surface area contributed by atoms with E-state index in [-0.39, 0.29) is 11.9 Å². The molecular formula is C27H30ClNO3. The highest BCUT2D eigenvalue weighted by Gasteiger charge is 2.15. The molecule has 4 nitrogen and oxygen atoms in total. The summed E-state index contributed by atoms with van der Waals surface area (Å²) in [5.41, 5.74) is 1.06. The van der Waals surface area contributed by atoms with Gasteiger partial charge in [0.15, 0.2) is 0 Å². The van der Waals surface area contributed by atoms with Gasteiger partial charge in [0, 0.05) is 13.0 Å². The maximum atomic E-state index is 11.3. The summed E-state index contributed by atoms with van der Waals surface area (Å²) in [6.07, 6.45) is 6.47. The number of amides is 1. The summed E-state index contributed by atoms with van der Waals surface area (Å²) in [6.45, 7) is 4.26. The maximum Gasteiger partial charge on any atom is 0.217 e. The Morgan fingerprint density at radius 1 is 1.00 bits per heavy atom. The lowest BCUT2D eigenvalue weighted by atomic mass is 9.90. The van der Waals surface area contributed by atoms with Crippen LogP contribution in [0.3, 0.4) is 0 Å². The van der Waals surface area contributed by atoms with Crippen molar-refractivity contribution in [1.29, 1.82) is 0 Å². The van der Waals surface area contributed by atoms with E-state index >= 15 is 0 Å². The Hall–Kier alpha value is -2.72. The Kier molecular flexibility index (Phi) is 7.21. The lowest BCUT2D eigenvalue weighted by Crippen LogP contribution is -2.23. The van der Waals surface area contributed by atoms with Gasteiger partial charge in [-0.3, -0.25) is 4.79 Å². The average Bonchev–Trinajstić information content (AvgIpc) is 2.79. The predicted molar refractivity (Wildman–Crippen MR) is 130 cm³/mol. The molecule has 0 aliphatic heterocycles. The first kappa shape index (κ1) is 22.5. The molecule has 1 N–H and O–H groups in total. The molecule has 0 spiro atoms. The number of halogens is 1. The molecule has 0 aromatic heterocycles. The van der Waals surface area contributed by atoms with Gasteiger partial charge in [0.05, 0.1) is 17.7 Å². The Morgan fingerprint density at radius 3 is 2.47 bits per heavy atom. The van der Waals surface area contributed by atoms with E-state index in [9.17, 15) is 4.79 Å². The third kappa shape index (κ3) is 5.74. The van der Waals surface area contributed by atoms with E-state index in [1.807, 2.05) is 55.5 Å². The molecule has 0 heterocycles. The Bertz CT molecular complexity index is 1090. The van der Waals surface area contributed by atoms with E-state index in [1.165, 1.54) is 39.0 Å². The van der Waals surface area contributed by atoms with Crippen LogP contribution in [0.4, 0.5) is 0 Å². The van der Waals surface area contributed by atoms with E-state index < -0.39 is 0 Å². The lowest BCUT2D eigenvalue weighted by molar-refractivity contribution is -0.119. The minimum absolute atomic E-state index is 0.0366. The summed E-state index contributed by atoms with van der Waals surface area (Å²) < 4.78 is 12.0. The first-order valence-electron chi connectivity index (χ1n) is 11.4. The van der Waals surface area contributed by atoms with E-state index in [4.69, 9.17) is 21.1 Å². The third-order valence-electron chi connectivity index (χ3n) is 6.10. The van der Waals surface area contributed by atoms with Crippen molar-refractivity contribution in [2.24, 2.45) is 5.92 Å². The number of rotatable bonds is 7. The maximum absolute atomic E-state index is 11.3. The van der Waals surface area contributed by atoms with Crippen LogP contribution in [0.1, 0.15) is 57.6 Å². The van der Waals surface area contributed by atoms with Crippen LogP contribution >= 0.6 is 11.6 Å². The van der Waals surface area contributed by atoms with Crippen LogP contribution < -0.4 is 14.8 Å². The molecule has 0 radical (unpaired) electrons. The van der Waals surface area contributed by atoms with Crippen LogP contribution in [0.5, 0.6) is 17.2 Å². The van der Waals surface area contributed by atoms with Crippen molar-refractivity contribution in [3.8, 4) is 17.2 Å². The number of fused-ring (bicyclic) bond motifs is 1. The SMILES string of the molecule is CC(=O)NC(C)c1ccc2cc(Oc3ccc(OCC4CCCCC4)cc3Cl)ccc2c1. The van der Waals surface area contributed by atoms with Crippen LogP contribution in [0.15, 0.2) is 54.6 Å². The van der Waals surface area contributed by atoms with Crippen molar-refractivity contribution in [2.75, 3.05) is 6.61 Å². The minimum atomic E-state index is -0.0383. The van der Waals surface area contributed by atoms with Gasteiger partial charge < -0.3 is 14.8 Å². The van der Waals surface area contributed by atoms with Crippen LogP contribution in [-0.4, -0.2) is 12.5 Å². The van der Waals surface area contributed by atoms with Gasteiger partial charge in [0.1, 0.15) is 17.2 Å². The number of carbonyl (C=O) groups is 1. The average molecular weight is 452 g/mol. The fourth-order valence-corrected chi connectivity index (χ4v) is 4.52. The second-order valence-corrected chi connectivity index (χ2v) is 9.11. The summed E-state index contributed by atoms with van der Waals surface area (Å²) in [6, 6.07) is 17.7. The van der Waals surface area contributed by atoms with Crippen LogP contribution in [0.25, 0.3) is 10.8 Å². The van der Waals surface area contributed by atoms with Gasteiger partial charge >= 0.3 is 0 Å². The molecule has 1 fully saturated rings. The molecule has 1 atom stereocenters. The summed E-state index contributed by atoms with van der Waals surface area (Å²) in [4.78, 5) is 11.3. The molecule has 0 saturated heterocycles. The van der Waals surface area contributed by atoms with Crippen molar-refractivity contribution < 1.29 is 14.3 Å². The van der Waals surface area contributed by atoms with Gasteiger partial charge in [-0.2, -0.15) is 0 Å². The van der Waals surface area contributed by atoms with Crippen molar-refractivity contribution in [2.45, 2.75) is 52.0 Å². The summed E-state index contributed by atoms with van der Waals surface area (Å²) >= 11 is 6.48. The topological polar surface area (TPSA) is 47.6 Å². The molecule has 1 amide bonds. The quantitative estimate of drug-likeness (QED) is 0.406. The second kappa shape index (κ2) is 10.3. The molecule has 1 unspecified atom stereocenters. The first-order valence-corrected chi connectivity index (χ1v) is 11.8. The predicted octanol–water partition coefficient (Wildman–Crippen LogP) is 7.44. The van der Waals surface area contributed by atoms with E-state index in [2.05, 4.69) is 11.4 Å². The fraction of sp³-hybridized carbons (Fsp3) is 0.370. The van der Waals surface area contributed by atoms with Crippen molar-refractivity contribution in [3.05, 3.63) is 65.2 Å². The van der Waals surface area contributed by atoms with Crippen LogP contribution in [0, 0.1) is 5.92 Å². The minimum Gasteiger partial charge on any atom is -0.493 e. The first-order chi connectivity index (χ1) is 15.5. The number of carbonyl (C=O) groups excluding carboxylic acids is 1. The van der Waals surface area contributed by atoms with E-state index in [1.54, 1.807) is 0 Å². The number of hydrogen-bond acceptors (Lipinski definition) is 3. The van der Waals surface area contributed by atoms with Crippen LogP contribution in [0.2, 0.25) is 5.02 Å². The van der Waals surface area contributed by atoms with Gasteiger partial charge in [0.25, 0.3) is 0 Å². The standard InChI is InChI=1S/C27H30ClNO3/c1-18(29-19(2)30)21-8-9-23-15-25(11-10-22(23)14-21)32-27-13-12-24(16-26(27)28)31-17-20-6-4-3-5-7-20/h8-16,18,20H,3-7,17H2,1-2H3,(H,29,30). The fourth-order valence-electron chi connectivity index (χ4n) is 4.31. The van der Waals surface area contributed by atoms with Crippen molar-refractivity contribution in [1.82, 2.24) is 5.32 Å². The lowest BCUT2D eigenvalue weighted by Gasteiger charge is -2.21. The zero-order chi connectivity index (χ0) is 22.5. The van der Waals surface area contributed by atoms with Crippen molar-refractivity contribution >= 4 is 28.3 Å². The Balaban J connectivity index is 1.42. The number of hydrogen-bond donors (Lipinski definition) is 1. The molecule has 1 saturated carbocycles. The zero-order valence-corrected chi connectivity index (χ0v) is 19.5. The van der Waals surface area contributed by atoms with Gasteiger partial charge in [0.2, 0.25) is 5.91 Å². The smallest absolute Gasteiger partial charge is 0.217 e. The van der Waals surface area contributed by atoms with E-state index in [0.717, 1.165) is 34.4 Å². The Morgan fingerprint density at radius 2 is 1.72 bits per heavy atom. The Labute approximate surface area is 194 Å². The summed E-state index contributed by atoms with van der Waals surface area (Å²) in [5, 5.41) is 5.60. The van der Waals surface area contributed by atoms with Gasteiger partial charge in [-0.15, -0.1) is 0 Å². The molecule has 5 heteroatoms. The molecule has 1 aliphatic rings. The molecule has 32 heavy (non-hydrogen) atoms. The molecule has 3 aromatic carbocycles. The highest BCUT2D eigenvalue weighted by molar-refractivity contribution is 6.32. The summed E-state index contributed by atoms with van der Waals surface area (Å²) in [5.74, 6) is 2.72. The van der Waals surface area contributed by atoms with Gasteiger partial charge in [-0.1, -0.05) is 49.1 Å². The molecular weight excluding hydrogens is 422 g/mol. The van der Waals surface area contributed by atoms with Crippen molar-refractivity contribution in [3.63, 3.8) is 0 Å². The second-order valence-electron chi connectivity index (χ2n) is 8.70. The molecule has 1 aliphatic carbocycles. The number of nitrogens with one attached hydrogen (secondary N) is 1. The largest absolute Gasteiger partial charge is 0.493 e. The molecule has 4 rings (SSSR count). The van der Waals surface area contributed by atoms with Gasteiger partial charge in [-0.05, 0) is 72.4 Å². The monoisotopic (exact) mass is 451 g/mol. The normalized spacial score (nSPS) is 15.3. The molecule has 0 bridgehead atoms. The zero-order valence-electron chi connectivity index (χ0n) is 18.7. The highest BCUT2D eigenvalue weighted by Crippen LogP contribution is 2.34. The van der Waals surface area contributed by atoms with Gasteiger partial charge in [-0.25, -0.2) is 0 Å². The molecule has 168 valence electrons. The number of benzene rings is 3. The third-order valence-corrected chi connectivity index (χ3v) is 6.39. The summed E-state index contributed by atoms with van der Waals surface area (Å²) in [7, 11) is 0. The number of ether oxygens (including phenoxy) is 2. The highest BCUT2D eigenvalue weighted by atomic mass is 35.5. The van der Waals surface area contributed by atoms with E-state index in [0.29, 0.717) is 16.7 Å².